The highest BCUT2D eigenvalue weighted by atomic mass is 19.1. The van der Waals surface area contributed by atoms with Crippen molar-refractivity contribution in [3.63, 3.8) is 0 Å². The highest BCUT2D eigenvalue weighted by Gasteiger charge is 2.06. The summed E-state index contributed by atoms with van der Waals surface area (Å²) in [5.41, 5.74) is 1.72. The maximum Gasteiger partial charge on any atom is 0.141 e. The Bertz CT molecular complexity index is 647. The van der Waals surface area contributed by atoms with Gasteiger partial charge in [-0.25, -0.2) is 14.4 Å². The molecule has 0 fully saturated rings. The van der Waals surface area contributed by atoms with Gasteiger partial charge >= 0.3 is 0 Å². The van der Waals surface area contributed by atoms with Crippen LogP contribution < -0.4 is 5.32 Å². The molecule has 3 nitrogen and oxygen atoms in total. The predicted octanol–water partition coefficient (Wildman–Crippen LogP) is 3.41. The zero-order valence-electron chi connectivity index (χ0n) is 9.73. The fourth-order valence-electron chi connectivity index (χ4n) is 1.97. The number of benzene rings is 1. The first-order valence-electron chi connectivity index (χ1n) is 5.87. The van der Waals surface area contributed by atoms with Crippen LogP contribution in [0.5, 0.6) is 0 Å². The van der Waals surface area contributed by atoms with E-state index in [-0.39, 0.29) is 5.82 Å². The Morgan fingerprint density at radius 1 is 1.17 bits per heavy atom. The van der Waals surface area contributed by atoms with Crippen molar-refractivity contribution in [3.05, 3.63) is 54.3 Å². The number of nitrogens with zero attached hydrogens (tertiary/aromatic N) is 2. The lowest BCUT2D eigenvalue weighted by Gasteiger charge is -2.11. The Kier molecular flexibility index (Phi) is 2.76. The van der Waals surface area contributed by atoms with Crippen molar-refractivity contribution in [2.24, 2.45) is 0 Å². The standard InChI is InChI=1S/C14H12FN3/c15-10-6-7-13-12(8-10)14(17-9-16-13)18-11-4-2-1-3-5-11/h2,4-9H,1,3H2,(H,16,17,18). The van der Waals surface area contributed by atoms with Gasteiger partial charge in [0.15, 0.2) is 0 Å². The zero-order valence-corrected chi connectivity index (χ0v) is 9.73. The van der Waals surface area contributed by atoms with Crippen LogP contribution in [-0.2, 0) is 0 Å². The van der Waals surface area contributed by atoms with Crippen LogP contribution in [0, 0.1) is 5.82 Å². The predicted molar refractivity (Wildman–Crippen MR) is 69.6 cm³/mol. The first-order chi connectivity index (χ1) is 8.83. The van der Waals surface area contributed by atoms with Crippen molar-refractivity contribution in [1.82, 2.24) is 9.97 Å². The van der Waals surface area contributed by atoms with Crippen molar-refractivity contribution in [2.75, 3.05) is 5.32 Å². The molecule has 1 heterocycles. The molecule has 0 saturated carbocycles. The third-order valence-electron chi connectivity index (χ3n) is 2.86. The van der Waals surface area contributed by atoms with Gasteiger partial charge in [0.05, 0.1) is 5.52 Å². The Balaban J connectivity index is 2.03. The molecule has 90 valence electrons. The number of hydrogen-bond acceptors (Lipinski definition) is 3. The monoisotopic (exact) mass is 241 g/mol. The Hall–Kier alpha value is -2.23. The van der Waals surface area contributed by atoms with Crippen LogP contribution in [0.4, 0.5) is 10.2 Å². The summed E-state index contributed by atoms with van der Waals surface area (Å²) >= 11 is 0. The first kappa shape index (κ1) is 10.9. The Morgan fingerprint density at radius 3 is 2.94 bits per heavy atom. The minimum atomic E-state index is -0.284. The lowest BCUT2D eigenvalue weighted by molar-refractivity contribution is 0.629. The van der Waals surface area contributed by atoms with E-state index in [1.54, 1.807) is 6.07 Å². The van der Waals surface area contributed by atoms with Gasteiger partial charge in [-0.05, 0) is 37.1 Å². The zero-order chi connectivity index (χ0) is 12.4. The molecule has 2 aromatic rings. The number of halogens is 1. The van der Waals surface area contributed by atoms with Crippen molar-refractivity contribution >= 4 is 16.7 Å². The van der Waals surface area contributed by atoms with Crippen molar-refractivity contribution < 1.29 is 4.39 Å². The third kappa shape index (κ3) is 2.09. The average molecular weight is 241 g/mol. The molecule has 1 aliphatic rings. The summed E-state index contributed by atoms with van der Waals surface area (Å²) < 4.78 is 13.3. The summed E-state index contributed by atoms with van der Waals surface area (Å²) in [6.45, 7) is 0. The topological polar surface area (TPSA) is 37.8 Å². The normalized spacial score (nSPS) is 14.6. The van der Waals surface area contributed by atoms with E-state index in [1.165, 1.54) is 18.5 Å². The first-order valence-corrected chi connectivity index (χ1v) is 5.87. The van der Waals surface area contributed by atoms with Crippen LogP contribution >= 0.6 is 0 Å². The SMILES string of the molecule is Fc1ccc2ncnc(NC3=CCCC=C3)c2c1. The highest BCUT2D eigenvalue weighted by Crippen LogP contribution is 2.22. The van der Waals surface area contributed by atoms with Gasteiger partial charge in [-0.2, -0.15) is 0 Å². The van der Waals surface area contributed by atoms with Crippen LogP contribution in [0.3, 0.4) is 0 Å². The molecule has 4 heteroatoms. The molecule has 0 spiro atoms. The van der Waals surface area contributed by atoms with E-state index in [1.807, 2.05) is 6.08 Å². The summed E-state index contributed by atoms with van der Waals surface area (Å²) in [6, 6.07) is 4.51. The van der Waals surface area contributed by atoms with Crippen LogP contribution in [-0.4, -0.2) is 9.97 Å². The van der Waals surface area contributed by atoms with E-state index in [2.05, 4.69) is 27.4 Å². The molecule has 3 rings (SSSR count). The molecule has 0 saturated heterocycles. The summed E-state index contributed by atoms with van der Waals surface area (Å²) in [5.74, 6) is 0.353. The van der Waals surface area contributed by atoms with Gasteiger partial charge in [0.2, 0.25) is 0 Å². The second kappa shape index (κ2) is 4.56. The minimum Gasteiger partial charge on any atom is -0.340 e. The molecule has 0 aliphatic heterocycles. The van der Waals surface area contributed by atoms with Gasteiger partial charge in [-0.15, -0.1) is 0 Å². The maximum atomic E-state index is 13.3. The maximum absolute atomic E-state index is 13.3. The number of anilines is 1. The van der Waals surface area contributed by atoms with E-state index in [0.717, 1.165) is 24.1 Å². The van der Waals surface area contributed by atoms with Crippen molar-refractivity contribution in [1.29, 1.82) is 0 Å². The van der Waals surface area contributed by atoms with Crippen LogP contribution in [0.2, 0.25) is 0 Å². The molecule has 0 amide bonds. The van der Waals surface area contributed by atoms with Crippen molar-refractivity contribution in [3.8, 4) is 0 Å². The quantitative estimate of drug-likeness (QED) is 0.875. The van der Waals surface area contributed by atoms with Gasteiger partial charge < -0.3 is 5.32 Å². The number of aromatic nitrogens is 2. The van der Waals surface area contributed by atoms with E-state index < -0.39 is 0 Å². The largest absolute Gasteiger partial charge is 0.340 e. The fourth-order valence-corrected chi connectivity index (χ4v) is 1.97. The molecular formula is C14H12FN3. The summed E-state index contributed by atoms with van der Waals surface area (Å²) in [7, 11) is 0. The van der Waals surface area contributed by atoms with Gasteiger partial charge in [-0.1, -0.05) is 12.2 Å². The molecule has 18 heavy (non-hydrogen) atoms. The second-order valence-corrected chi connectivity index (χ2v) is 4.15. The molecule has 0 bridgehead atoms. The molecular weight excluding hydrogens is 229 g/mol. The summed E-state index contributed by atoms with van der Waals surface area (Å²) in [5, 5.41) is 3.90. The Morgan fingerprint density at radius 2 is 2.11 bits per heavy atom. The number of rotatable bonds is 2. The van der Waals surface area contributed by atoms with Crippen LogP contribution in [0.15, 0.2) is 48.5 Å². The lowest BCUT2D eigenvalue weighted by atomic mass is 10.1. The number of allylic oxidation sites excluding steroid dienone is 3. The number of fused-ring (bicyclic) bond motifs is 1. The average Bonchev–Trinajstić information content (AvgIpc) is 2.41. The number of nitrogens with one attached hydrogen (secondary N) is 1. The van der Waals surface area contributed by atoms with E-state index in [4.69, 9.17) is 0 Å². The molecule has 0 radical (unpaired) electrons. The lowest BCUT2D eigenvalue weighted by Crippen LogP contribution is -2.02. The van der Waals surface area contributed by atoms with Crippen LogP contribution in [0.1, 0.15) is 12.8 Å². The Labute approximate surface area is 104 Å². The van der Waals surface area contributed by atoms with Gasteiger partial charge in [-0.3, -0.25) is 0 Å². The van der Waals surface area contributed by atoms with Crippen molar-refractivity contribution in [2.45, 2.75) is 12.8 Å². The molecule has 1 aromatic carbocycles. The van der Waals surface area contributed by atoms with Crippen LogP contribution in [0.25, 0.3) is 10.9 Å². The van der Waals surface area contributed by atoms with E-state index >= 15 is 0 Å². The molecule has 0 atom stereocenters. The molecule has 1 aliphatic carbocycles. The van der Waals surface area contributed by atoms with E-state index in [0.29, 0.717) is 11.2 Å². The number of hydrogen-bond donors (Lipinski definition) is 1. The molecule has 1 N–H and O–H groups in total. The van der Waals surface area contributed by atoms with Gasteiger partial charge in [0.1, 0.15) is 18.0 Å². The highest BCUT2D eigenvalue weighted by molar-refractivity contribution is 5.89. The fraction of sp³-hybridized carbons (Fsp3) is 0.143. The third-order valence-corrected chi connectivity index (χ3v) is 2.86. The summed E-state index contributed by atoms with van der Waals surface area (Å²) in [6.07, 6.45) is 9.77. The molecule has 0 unspecified atom stereocenters. The van der Waals surface area contributed by atoms with Gasteiger partial charge in [0.25, 0.3) is 0 Å². The van der Waals surface area contributed by atoms with E-state index in [9.17, 15) is 4.39 Å². The molecule has 1 aromatic heterocycles. The summed E-state index contributed by atoms with van der Waals surface area (Å²) in [4.78, 5) is 8.30. The smallest absolute Gasteiger partial charge is 0.141 e. The minimum absolute atomic E-state index is 0.284. The second-order valence-electron chi connectivity index (χ2n) is 4.15. The van der Waals surface area contributed by atoms with Gasteiger partial charge in [0, 0.05) is 11.1 Å².